The van der Waals surface area contributed by atoms with Crippen LogP contribution in [0, 0.1) is 5.82 Å². The molecule has 0 aromatic heterocycles. The Morgan fingerprint density at radius 3 is 2.28 bits per heavy atom. The zero-order valence-electron chi connectivity index (χ0n) is 8.93. The molecule has 0 aliphatic carbocycles. The van der Waals surface area contributed by atoms with Gasteiger partial charge in [0.05, 0.1) is 14.9 Å². The first-order chi connectivity index (χ1) is 8.49. The summed E-state index contributed by atoms with van der Waals surface area (Å²) in [5.41, 5.74) is 1.32. The third kappa shape index (κ3) is 3.00. The lowest BCUT2D eigenvalue weighted by Gasteiger charge is -2.12. The molecule has 1 atom stereocenters. The van der Waals surface area contributed by atoms with Gasteiger partial charge in [0.15, 0.2) is 0 Å². The number of benzene rings is 2. The SMILES string of the molecule is Fc1cc(Cl)ccc1C(Br)c1ccc(Cl)c(Cl)c1. The predicted molar refractivity (Wildman–Crippen MR) is 78.6 cm³/mol. The van der Waals surface area contributed by atoms with E-state index >= 15 is 0 Å². The van der Waals surface area contributed by atoms with Crippen molar-refractivity contribution in [2.24, 2.45) is 0 Å². The molecule has 18 heavy (non-hydrogen) atoms. The van der Waals surface area contributed by atoms with Gasteiger partial charge in [-0.15, -0.1) is 0 Å². The van der Waals surface area contributed by atoms with Gasteiger partial charge in [0, 0.05) is 10.6 Å². The van der Waals surface area contributed by atoms with Crippen LogP contribution in [-0.2, 0) is 0 Å². The highest BCUT2D eigenvalue weighted by atomic mass is 79.9. The molecule has 2 aromatic carbocycles. The van der Waals surface area contributed by atoms with Crippen molar-refractivity contribution >= 4 is 50.7 Å². The van der Waals surface area contributed by atoms with E-state index in [1.807, 2.05) is 0 Å². The molecule has 0 fully saturated rings. The monoisotopic (exact) mass is 366 g/mol. The Morgan fingerprint density at radius 1 is 0.944 bits per heavy atom. The first kappa shape index (κ1) is 14.1. The summed E-state index contributed by atoms with van der Waals surface area (Å²) in [6.45, 7) is 0. The molecule has 0 aliphatic heterocycles. The zero-order chi connectivity index (χ0) is 13.3. The van der Waals surface area contributed by atoms with Gasteiger partial charge in [-0.2, -0.15) is 0 Å². The van der Waals surface area contributed by atoms with E-state index in [-0.39, 0.29) is 10.6 Å². The second kappa shape index (κ2) is 5.79. The van der Waals surface area contributed by atoms with E-state index in [9.17, 15) is 4.39 Å². The number of hydrogen-bond acceptors (Lipinski definition) is 0. The van der Waals surface area contributed by atoms with E-state index in [0.29, 0.717) is 20.6 Å². The molecule has 0 spiro atoms. The van der Waals surface area contributed by atoms with Crippen LogP contribution in [0.25, 0.3) is 0 Å². The summed E-state index contributed by atoms with van der Waals surface area (Å²) in [6.07, 6.45) is 0. The third-order valence-corrected chi connectivity index (χ3v) is 4.47. The predicted octanol–water partition coefficient (Wildman–Crippen LogP) is 6.27. The molecular weight excluding hydrogens is 361 g/mol. The maximum absolute atomic E-state index is 13.8. The topological polar surface area (TPSA) is 0 Å². The Kier molecular flexibility index (Phi) is 4.54. The highest BCUT2D eigenvalue weighted by molar-refractivity contribution is 9.09. The minimum absolute atomic E-state index is 0.301. The second-order valence-electron chi connectivity index (χ2n) is 3.70. The van der Waals surface area contributed by atoms with Crippen LogP contribution < -0.4 is 0 Å². The van der Waals surface area contributed by atoms with E-state index in [4.69, 9.17) is 34.8 Å². The molecule has 0 heterocycles. The molecule has 0 saturated carbocycles. The fraction of sp³-hybridized carbons (Fsp3) is 0.0769. The maximum atomic E-state index is 13.8. The van der Waals surface area contributed by atoms with Crippen LogP contribution in [0.4, 0.5) is 4.39 Å². The lowest BCUT2D eigenvalue weighted by atomic mass is 10.0. The van der Waals surface area contributed by atoms with Crippen molar-refractivity contribution in [1.29, 1.82) is 0 Å². The Balaban J connectivity index is 2.41. The van der Waals surface area contributed by atoms with Crippen LogP contribution in [0.3, 0.4) is 0 Å². The van der Waals surface area contributed by atoms with Crippen molar-refractivity contribution in [1.82, 2.24) is 0 Å². The first-order valence-electron chi connectivity index (χ1n) is 5.03. The molecule has 0 N–H and O–H groups in total. The molecule has 1 unspecified atom stereocenters. The van der Waals surface area contributed by atoms with Gasteiger partial charge in [-0.25, -0.2) is 4.39 Å². The van der Waals surface area contributed by atoms with Crippen molar-refractivity contribution in [3.63, 3.8) is 0 Å². The van der Waals surface area contributed by atoms with Crippen molar-refractivity contribution in [3.8, 4) is 0 Å². The third-order valence-electron chi connectivity index (χ3n) is 2.47. The Bertz CT molecular complexity index is 586. The van der Waals surface area contributed by atoms with Gasteiger partial charge in [-0.05, 0) is 29.8 Å². The number of halogens is 5. The summed E-state index contributed by atoms with van der Waals surface area (Å²) in [5.74, 6) is -0.365. The van der Waals surface area contributed by atoms with Crippen molar-refractivity contribution in [2.45, 2.75) is 4.83 Å². The van der Waals surface area contributed by atoms with Gasteiger partial charge in [-0.3, -0.25) is 0 Å². The van der Waals surface area contributed by atoms with Crippen LogP contribution >= 0.6 is 50.7 Å². The summed E-state index contributed by atoms with van der Waals surface area (Å²) in [6, 6.07) is 9.74. The fourth-order valence-electron chi connectivity index (χ4n) is 1.56. The molecule has 2 rings (SSSR count). The molecule has 2 aromatic rings. The van der Waals surface area contributed by atoms with E-state index < -0.39 is 0 Å². The second-order valence-corrected chi connectivity index (χ2v) is 5.87. The molecule has 0 bridgehead atoms. The summed E-state index contributed by atoms with van der Waals surface area (Å²) in [4.78, 5) is -0.301. The lowest BCUT2D eigenvalue weighted by molar-refractivity contribution is 0.613. The van der Waals surface area contributed by atoms with Crippen LogP contribution in [0.2, 0.25) is 15.1 Å². The molecule has 0 amide bonds. The number of hydrogen-bond donors (Lipinski definition) is 0. The number of alkyl halides is 1. The summed E-state index contributed by atoms with van der Waals surface area (Å²) in [5, 5.41) is 1.27. The summed E-state index contributed by atoms with van der Waals surface area (Å²) in [7, 11) is 0. The van der Waals surface area contributed by atoms with Crippen LogP contribution in [0.15, 0.2) is 36.4 Å². The average Bonchev–Trinajstić information content (AvgIpc) is 2.32. The standard InChI is InChI=1S/C13H7BrCl3F/c14-13(7-1-4-10(16)11(17)5-7)9-3-2-8(15)6-12(9)18/h1-6,13H. The highest BCUT2D eigenvalue weighted by Gasteiger charge is 2.16. The maximum Gasteiger partial charge on any atom is 0.129 e. The van der Waals surface area contributed by atoms with E-state index in [1.165, 1.54) is 6.07 Å². The van der Waals surface area contributed by atoms with Crippen LogP contribution in [0.5, 0.6) is 0 Å². The summed E-state index contributed by atoms with van der Waals surface area (Å²) >= 11 is 21.0. The molecule has 5 heteroatoms. The van der Waals surface area contributed by atoms with Crippen LogP contribution in [0.1, 0.15) is 16.0 Å². The quantitative estimate of drug-likeness (QED) is 0.548. The largest absolute Gasteiger partial charge is 0.207 e. The fourth-order valence-corrected chi connectivity index (χ4v) is 2.68. The Morgan fingerprint density at radius 2 is 1.67 bits per heavy atom. The van der Waals surface area contributed by atoms with Crippen molar-refractivity contribution in [2.75, 3.05) is 0 Å². The smallest absolute Gasteiger partial charge is 0.129 e. The number of rotatable bonds is 2. The molecule has 0 nitrogen and oxygen atoms in total. The molecule has 0 aliphatic rings. The molecule has 0 saturated heterocycles. The van der Waals surface area contributed by atoms with Crippen molar-refractivity contribution in [3.05, 3.63) is 68.4 Å². The van der Waals surface area contributed by atoms with Gasteiger partial charge >= 0.3 is 0 Å². The van der Waals surface area contributed by atoms with E-state index in [0.717, 1.165) is 5.56 Å². The van der Waals surface area contributed by atoms with Gasteiger partial charge in [0.2, 0.25) is 0 Å². The average molecular weight is 368 g/mol. The normalized spacial score (nSPS) is 12.5. The van der Waals surface area contributed by atoms with Crippen molar-refractivity contribution < 1.29 is 4.39 Å². The molecular formula is C13H7BrCl3F. The highest BCUT2D eigenvalue weighted by Crippen LogP contribution is 2.36. The van der Waals surface area contributed by atoms with Gasteiger partial charge in [0.1, 0.15) is 5.82 Å². The first-order valence-corrected chi connectivity index (χ1v) is 7.08. The van der Waals surface area contributed by atoms with Gasteiger partial charge in [0.25, 0.3) is 0 Å². The van der Waals surface area contributed by atoms with E-state index in [2.05, 4.69) is 15.9 Å². The molecule has 0 radical (unpaired) electrons. The van der Waals surface area contributed by atoms with Crippen LogP contribution in [-0.4, -0.2) is 0 Å². The minimum atomic E-state index is -0.365. The van der Waals surface area contributed by atoms with Gasteiger partial charge in [-0.1, -0.05) is 62.9 Å². The Hall–Kier alpha value is -0.280. The van der Waals surface area contributed by atoms with E-state index in [1.54, 1.807) is 30.3 Å². The lowest BCUT2D eigenvalue weighted by Crippen LogP contribution is -1.96. The van der Waals surface area contributed by atoms with Gasteiger partial charge < -0.3 is 0 Å². The Labute approximate surface area is 128 Å². The minimum Gasteiger partial charge on any atom is -0.207 e. The summed E-state index contributed by atoms with van der Waals surface area (Å²) < 4.78 is 13.8. The zero-order valence-corrected chi connectivity index (χ0v) is 12.8. The molecule has 94 valence electrons.